The average Bonchev–Trinajstić information content (AvgIpc) is 3.08. The Kier molecular flexibility index (Phi) is 2.77. The third-order valence-corrected chi connectivity index (χ3v) is 3.41. The summed E-state index contributed by atoms with van der Waals surface area (Å²) in [4.78, 5) is 15.4. The Hall–Kier alpha value is -2.57. The molecule has 1 aliphatic carbocycles. The van der Waals surface area contributed by atoms with Gasteiger partial charge < -0.3 is 18.7 Å². The Morgan fingerprint density at radius 1 is 1.29 bits per heavy atom. The van der Waals surface area contributed by atoms with Gasteiger partial charge in [-0.15, -0.1) is 0 Å². The normalized spacial score (nSPS) is 16.0. The molecule has 108 valence electrons. The van der Waals surface area contributed by atoms with E-state index in [9.17, 15) is 4.79 Å². The molecule has 2 aliphatic rings. The Balaban J connectivity index is 1.51. The number of carbonyl (C=O) groups excluding carboxylic acids is 1. The molecule has 2 aromatic rings. The maximum Gasteiger partial charge on any atom is 0.264 e. The highest BCUT2D eigenvalue weighted by Gasteiger charge is 2.28. The topological polar surface area (TPSA) is 83.7 Å². The van der Waals surface area contributed by atoms with E-state index in [-0.39, 0.29) is 13.4 Å². The molecule has 1 aromatic heterocycles. The maximum atomic E-state index is 11.1. The van der Waals surface area contributed by atoms with Gasteiger partial charge in [-0.05, 0) is 18.9 Å². The van der Waals surface area contributed by atoms with Crippen LogP contribution >= 0.6 is 0 Å². The first-order chi connectivity index (χ1) is 10.3. The summed E-state index contributed by atoms with van der Waals surface area (Å²) in [7, 11) is 0. The smallest absolute Gasteiger partial charge is 0.264 e. The molecule has 2 heterocycles. The maximum absolute atomic E-state index is 11.1. The SMILES string of the molecule is O=Cc1cc2c(cc1OCc1nc(C3CC3)no1)OCO2. The van der Waals surface area contributed by atoms with Crippen molar-refractivity contribution in [3.63, 3.8) is 0 Å². The lowest BCUT2D eigenvalue weighted by molar-refractivity contribution is 0.111. The summed E-state index contributed by atoms with van der Waals surface area (Å²) in [5.74, 6) is 3.05. The third kappa shape index (κ3) is 2.31. The minimum atomic E-state index is 0.111. The van der Waals surface area contributed by atoms with Crippen LogP contribution in [0, 0.1) is 0 Å². The second kappa shape index (κ2) is 4.76. The van der Waals surface area contributed by atoms with E-state index in [1.54, 1.807) is 12.1 Å². The number of aromatic nitrogens is 2. The fourth-order valence-corrected chi connectivity index (χ4v) is 2.13. The van der Waals surface area contributed by atoms with Gasteiger partial charge in [0.05, 0.1) is 5.56 Å². The Morgan fingerprint density at radius 2 is 2.10 bits per heavy atom. The second-order valence-electron chi connectivity index (χ2n) is 4.97. The standard InChI is InChI=1S/C14H12N2O5/c17-5-9-3-11-12(20-7-19-11)4-10(9)18-6-13-15-14(16-21-13)8-1-2-8/h3-5,8H,1-2,6-7H2. The molecular weight excluding hydrogens is 276 g/mol. The second-order valence-corrected chi connectivity index (χ2v) is 4.97. The number of benzene rings is 1. The first kappa shape index (κ1) is 12.2. The van der Waals surface area contributed by atoms with E-state index in [4.69, 9.17) is 18.7 Å². The fourth-order valence-electron chi connectivity index (χ4n) is 2.13. The molecule has 0 radical (unpaired) electrons. The molecule has 0 atom stereocenters. The molecule has 7 heteroatoms. The Bertz CT molecular complexity index is 693. The molecule has 0 N–H and O–H groups in total. The molecule has 1 aliphatic heterocycles. The fraction of sp³-hybridized carbons (Fsp3) is 0.357. The molecule has 0 saturated heterocycles. The van der Waals surface area contributed by atoms with Gasteiger partial charge in [0.25, 0.3) is 5.89 Å². The van der Waals surface area contributed by atoms with Crippen molar-refractivity contribution in [1.82, 2.24) is 10.1 Å². The zero-order valence-electron chi connectivity index (χ0n) is 11.1. The summed E-state index contributed by atoms with van der Waals surface area (Å²) in [6.07, 6.45) is 2.93. The van der Waals surface area contributed by atoms with E-state index in [0.717, 1.165) is 18.7 Å². The highest BCUT2D eigenvalue weighted by atomic mass is 16.7. The van der Waals surface area contributed by atoms with Crippen LogP contribution in [0.1, 0.15) is 40.8 Å². The van der Waals surface area contributed by atoms with Crippen molar-refractivity contribution in [2.75, 3.05) is 6.79 Å². The van der Waals surface area contributed by atoms with Gasteiger partial charge in [-0.25, -0.2) is 0 Å². The predicted octanol–water partition coefficient (Wildman–Crippen LogP) is 2.07. The van der Waals surface area contributed by atoms with E-state index in [1.165, 1.54) is 0 Å². The van der Waals surface area contributed by atoms with Crippen LogP contribution in [0.3, 0.4) is 0 Å². The third-order valence-electron chi connectivity index (χ3n) is 3.41. The van der Waals surface area contributed by atoms with Crippen LogP contribution in [0.25, 0.3) is 0 Å². The summed E-state index contributed by atoms with van der Waals surface area (Å²) in [5, 5.41) is 3.91. The molecule has 0 spiro atoms. The minimum Gasteiger partial charge on any atom is -0.483 e. The van der Waals surface area contributed by atoms with Crippen LogP contribution in [0.15, 0.2) is 16.7 Å². The number of hydrogen-bond donors (Lipinski definition) is 0. The van der Waals surface area contributed by atoms with Gasteiger partial charge in [-0.2, -0.15) is 4.98 Å². The summed E-state index contributed by atoms with van der Waals surface area (Å²) in [6, 6.07) is 3.22. The van der Waals surface area contributed by atoms with Crippen molar-refractivity contribution in [3.05, 3.63) is 29.4 Å². The summed E-state index contributed by atoms with van der Waals surface area (Å²) < 4.78 is 21.2. The number of aldehydes is 1. The largest absolute Gasteiger partial charge is 0.483 e. The molecular formula is C14H12N2O5. The van der Waals surface area contributed by atoms with Gasteiger partial charge in [0.1, 0.15) is 5.75 Å². The number of carbonyl (C=O) groups is 1. The molecule has 7 nitrogen and oxygen atoms in total. The van der Waals surface area contributed by atoms with Crippen LogP contribution < -0.4 is 14.2 Å². The van der Waals surface area contributed by atoms with E-state index >= 15 is 0 Å². The molecule has 1 saturated carbocycles. The van der Waals surface area contributed by atoms with Crippen LogP contribution in [0.2, 0.25) is 0 Å². The molecule has 21 heavy (non-hydrogen) atoms. The van der Waals surface area contributed by atoms with Crippen LogP contribution in [0.5, 0.6) is 17.2 Å². The zero-order valence-corrected chi connectivity index (χ0v) is 11.1. The number of rotatable bonds is 5. The molecule has 0 amide bonds. The van der Waals surface area contributed by atoms with E-state index < -0.39 is 0 Å². The highest BCUT2D eigenvalue weighted by Crippen LogP contribution is 2.39. The first-order valence-electron chi connectivity index (χ1n) is 6.67. The lowest BCUT2D eigenvalue weighted by Crippen LogP contribution is -1.99. The van der Waals surface area contributed by atoms with Crippen molar-refractivity contribution >= 4 is 6.29 Å². The molecule has 0 unspecified atom stereocenters. The lowest BCUT2D eigenvalue weighted by Gasteiger charge is -2.07. The number of fused-ring (bicyclic) bond motifs is 1. The van der Waals surface area contributed by atoms with Crippen molar-refractivity contribution in [1.29, 1.82) is 0 Å². The molecule has 1 fully saturated rings. The van der Waals surface area contributed by atoms with E-state index in [0.29, 0.717) is 40.9 Å². The first-order valence-corrected chi connectivity index (χ1v) is 6.67. The zero-order chi connectivity index (χ0) is 14.2. The minimum absolute atomic E-state index is 0.111. The van der Waals surface area contributed by atoms with Gasteiger partial charge in [0.2, 0.25) is 6.79 Å². The molecule has 4 rings (SSSR count). The number of hydrogen-bond acceptors (Lipinski definition) is 7. The van der Waals surface area contributed by atoms with E-state index in [2.05, 4.69) is 10.1 Å². The number of nitrogens with zero attached hydrogens (tertiary/aromatic N) is 2. The Morgan fingerprint density at radius 3 is 2.86 bits per heavy atom. The van der Waals surface area contributed by atoms with Crippen molar-refractivity contribution in [3.8, 4) is 17.2 Å². The van der Waals surface area contributed by atoms with Gasteiger partial charge in [0.15, 0.2) is 30.2 Å². The number of ether oxygens (including phenoxy) is 3. The van der Waals surface area contributed by atoms with Crippen LogP contribution in [-0.2, 0) is 6.61 Å². The van der Waals surface area contributed by atoms with Gasteiger partial charge in [0, 0.05) is 12.0 Å². The van der Waals surface area contributed by atoms with Crippen LogP contribution in [0.4, 0.5) is 0 Å². The summed E-state index contributed by atoms with van der Waals surface area (Å²) in [5.41, 5.74) is 0.390. The predicted molar refractivity (Wildman–Crippen MR) is 68.6 cm³/mol. The summed E-state index contributed by atoms with van der Waals surface area (Å²) >= 11 is 0. The highest BCUT2D eigenvalue weighted by molar-refractivity contribution is 5.81. The van der Waals surface area contributed by atoms with Crippen molar-refractivity contribution < 1.29 is 23.5 Å². The van der Waals surface area contributed by atoms with Gasteiger partial charge in [-0.1, -0.05) is 5.16 Å². The van der Waals surface area contributed by atoms with Crippen molar-refractivity contribution in [2.24, 2.45) is 0 Å². The monoisotopic (exact) mass is 288 g/mol. The van der Waals surface area contributed by atoms with E-state index in [1.807, 2.05) is 0 Å². The van der Waals surface area contributed by atoms with Gasteiger partial charge >= 0.3 is 0 Å². The van der Waals surface area contributed by atoms with Crippen molar-refractivity contribution in [2.45, 2.75) is 25.4 Å². The molecule has 1 aromatic carbocycles. The van der Waals surface area contributed by atoms with Crippen LogP contribution in [-0.4, -0.2) is 23.2 Å². The molecule has 0 bridgehead atoms. The quantitative estimate of drug-likeness (QED) is 0.778. The Labute approximate surface area is 119 Å². The lowest BCUT2D eigenvalue weighted by atomic mass is 10.2. The van der Waals surface area contributed by atoms with Gasteiger partial charge in [-0.3, -0.25) is 4.79 Å². The summed E-state index contributed by atoms with van der Waals surface area (Å²) in [6.45, 7) is 0.256. The average molecular weight is 288 g/mol.